The van der Waals surface area contributed by atoms with E-state index in [1.165, 1.54) is 18.3 Å². The number of fused-ring (bicyclic) bond motifs is 1. The van der Waals surface area contributed by atoms with Gasteiger partial charge in [0.15, 0.2) is 17.0 Å². The Labute approximate surface area is 254 Å². The number of ether oxygens (including phenoxy) is 2. The number of nitrogens with two attached hydrogens (primary N) is 1. The Morgan fingerprint density at radius 3 is 2.61 bits per heavy atom. The average molecular weight is 657 g/mol. The first-order valence-corrected chi connectivity index (χ1v) is 17.0. The Morgan fingerprint density at radius 2 is 1.98 bits per heavy atom. The molecule has 19 heteroatoms. The smallest absolute Gasteiger partial charge is 0.459 e. The number of anilines is 2. The number of methoxy groups -OCH3 is 1. The molecule has 242 valence electrons. The van der Waals surface area contributed by atoms with E-state index in [1.807, 2.05) is 13.8 Å². The van der Waals surface area contributed by atoms with Crippen molar-refractivity contribution >= 4 is 46.7 Å². The number of aliphatic hydroxyl groups excluding tert-OH is 1. The van der Waals surface area contributed by atoms with Crippen LogP contribution >= 0.6 is 7.75 Å². The predicted octanol–water partition coefficient (Wildman–Crippen LogP) is 0.911. The van der Waals surface area contributed by atoms with Crippen LogP contribution in [0.2, 0.25) is 0 Å². The van der Waals surface area contributed by atoms with Crippen molar-refractivity contribution in [2.24, 2.45) is 5.92 Å². The molecule has 5 N–H and O–H groups in total. The van der Waals surface area contributed by atoms with Gasteiger partial charge < -0.3 is 29.7 Å². The number of esters is 1. The minimum absolute atomic E-state index is 0.0854. The Balaban J connectivity index is 1.56. The van der Waals surface area contributed by atoms with E-state index in [1.54, 1.807) is 35.9 Å². The summed E-state index contributed by atoms with van der Waals surface area (Å²) >= 11 is 0. The lowest BCUT2D eigenvalue weighted by Gasteiger charge is -2.22. The summed E-state index contributed by atoms with van der Waals surface area (Å²) in [5, 5.41) is 13.7. The van der Waals surface area contributed by atoms with E-state index < -0.39 is 54.6 Å². The molecule has 1 aromatic carbocycles. The fraction of sp³-hybridized carbons (Fsp3) is 0.520. The molecular weight excluding hydrogens is 619 g/mol. The number of imidazole rings is 1. The zero-order valence-electron chi connectivity index (χ0n) is 24.9. The van der Waals surface area contributed by atoms with E-state index in [0.29, 0.717) is 17.6 Å². The van der Waals surface area contributed by atoms with E-state index in [4.69, 9.17) is 19.5 Å². The first kappa shape index (κ1) is 33.5. The third-order valence-electron chi connectivity index (χ3n) is 6.89. The minimum atomic E-state index is -4.14. The van der Waals surface area contributed by atoms with Crippen LogP contribution in [-0.2, 0) is 33.4 Å². The van der Waals surface area contributed by atoms with E-state index >= 15 is 0 Å². The number of rotatable bonds is 14. The van der Waals surface area contributed by atoms with Crippen molar-refractivity contribution in [1.29, 1.82) is 0 Å². The molecule has 4 rings (SSSR count). The predicted molar refractivity (Wildman–Crippen MR) is 160 cm³/mol. The number of sulfonamides is 1. The molecule has 1 aliphatic rings. The number of carbonyl (C=O) groups is 1. The molecule has 1 fully saturated rings. The van der Waals surface area contributed by atoms with Crippen LogP contribution < -0.4 is 25.0 Å². The first-order valence-electron chi connectivity index (χ1n) is 13.6. The molecule has 1 aliphatic heterocycles. The van der Waals surface area contributed by atoms with Crippen LogP contribution in [-0.4, -0.2) is 91.5 Å². The maximum atomic E-state index is 13.6. The molecule has 0 spiro atoms. The quantitative estimate of drug-likeness (QED) is 0.108. The molecule has 5 atom stereocenters. The van der Waals surface area contributed by atoms with Gasteiger partial charge in [-0.05, 0) is 25.5 Å². The van der Waals surface area contributed by atoms with Crippen LogP contribution in [0.4, 0.5) is 11.8 Å². The Morgan fingerprint density at radius 1 is 1.27 bits per heavy atom. The third-order valence-corrected chi connectivity index (χ3v) is 9.03. The van der Waals surface area contributed by atoms with Gasteiger partial charge in [0.25, 0.3) is 0 Å². The van der Waals surface area contributed by atoms with Crippen molar-refractivity contribution in [3.8, 4) is 5.75 Å². The van der Waals surface area contributed by atoms with Crippen LogP contribution in [0.25, 0.3) is 11.2 Å². The van der Waals surface area contributed by atoms with Gasteiger partial charge in [0.05, 0.1) is 39.1 Å². The number of hydrogen-bond donors (Lipinski definition) is 4. The number of benzene rings is 1. The maximum Gasteiger partial charge on any atom is 0.459 e. The van der Waals surface area contributed by atoms with Gasteiger partial charge in [0, 0.05) is 13.0 Å². The second-order valence-electron chi connectivity index (χ2n) is 10.2. The van der Waals surface area contributed by atoms with Gasteiger partial charge in [-0.1, -0.05) is 24.6 Å². The average Bonchev–Trinajstić information content (AvgIpc) is 3.53. The molecule has 1 saturated heterocycles. The Hall–Kier alpha value is -3.38. The number of aryl methyl sites for hydroxylation is 1. The zero-order chi connectivity index (χ0) is 32.2. The van der Waals surface area contributed by atoms with Gasteiger partial charge in [-0.25, -0.2) is 23.1 Å². The van der Waals surface area contributed by atoms with Gasteiger partial charge in [0.1, 0.15) is 24.6 Å². The van der Waals surface area contributed by atoms with Crippen molar-refractivity contribution in [2.75, 3.05) is 50.9 Å². The summed E-state index contributed by atoms with van der Waals surface area (Å²) in [4.78, 5) is 26.3. The lowest BCUT2D eigenvalue weighted by atomic mass is 9.97. The van der Waals surface area contributed by atoms with Crippen LogP contribution in [0.3, 0.4) is 0 Å². The number of hydrogen-bond acceptors (Lipinski definition) is 14. The monoisotopic (exact) mass is 656 g/mol. The fourth-order valence-corrected chi connectivity index (χ4v) is 6.27. The summed E-state index contributed by atoms with van der Waals surface area (Å²) in [6.45, 7) is 2.85. The molecule has 3 aromatic rings. The fourth-order valence-electron chi connectivity index (χ4n) is 4.56. The van der Waals surface area contributed by atoms with Crippen molar-refractivity contribution in [3.63, 3.8) is 0 Å². The van der Waals surface area contributed by atoms with Gasteiger partial charge in [-0.15, -0.1) is 0 Å². The van der Waals surface area contributed by atoms with Crippen molar-refractivity contribution in [1.82, 2.24) is 29.3 Å². The zero-order valence-corrected chi connectivity index (χ0v) is 26.6. The topological polar surface area (TPSA) is 222 Å². The molecule has 2 aromatic heterocycles. The van der Waals surface area contributed by atoms with Gasteiger partial charge in [0.2, 0.25) is 16.0 Å². The number of nitrogens with zero attached hydrogens (tertiary/aromatic N) is 5. The number of aliphatic hydroxyl groups is 1. The van der Waals surface area contributed by atoms with Crippen molar-refractivity contribution in [2.45, 2.75) is 38.7 Å². The SMILES string of the molecule is CCC1C(n2cnc3c(N(C)CNS(C)(=O)=O)nc(N)nc32)OC(COP(=O)(NCC(=O)OC)Oc2ccc(C)cc2)[C@H]1O. The van der Waals surface area contributed by atoms with Gasteiger partial charge in [-0.3, -0.25) is 13.9 Å². The lowest BCUT2D eigenvalue weighted by Crippen LogP contribution is -2.35. The number of nitrogens with one attached hydrogen (secondary N) is 2. The minimum Gasteiger partial charge on any atom is -0.468 e. The number of nitrogen functional groups attached to an aromatic ring is 1. The molecule has 0 saturated carbocycles. The summed E-state index contributed by atoms with van der Waals surface area (Å²) in [6, 6.07) is 6.74. The summed E-state index contributed by atoms with van der Waals surface area (Å²) in [5.41, 5.74) is 7.57. The van der Waals surface area contributed by atoms with E-state index in [0.717, 1.165) is 11.8 Å². The van der Waals surface area contributed by atoms with E-state index in [9.17, 15) is 22.9 Å². The van der Waals surface area contributed by atoms with Gasteiger partial charge >= 0.3 is 13.7 Å². The molecule has 0 radical (unpaired) electrons. The van der Waals surface area contributed by atoms with Crippen LogP contribution in [0, 0.1) is 12.8 Å². The Kier molecular flexibility index (Phi) is 10.5. The lowest BCUT2D eigenvalue weighted by molar-refractivity contribution is -0.139. The molecule has 0 bridgehead atoms. The molecular formula is C25H37N8O9PS. The first-order chi connectivity index (χ1) is 20.7. The largest absolute Gasteiger partial charge is 0.468 e. The maximum absolute atomic E-state index is 13.6. The van der Waals surface area contributed by atoms with Crippen LogP contribution in [0.15, 0.2) is 30.6 Å². The summed E-state index contributed by atoms with van der Waals surface area (Å²) in [6.07, 6.45) is 0.179. The summed E-state index contributed by atoms with van der Waals surface area (Å²) < 4.78 is 63.0. The number of carbonyl (C=O) groups excluding carboxylic acids is 1. The van der Waals surface area contributed by atoms with E-state index in [-0.39, 0.29) is 30.8 Å². The highest BCUT2D eigenvalue weighted by Gasteiger charge is 2.45. The molecule has 0 aliphatic carbocycles. The molecule has 44 heavy (non-hydrogen) atoms. The highest BCUT2D eigenvalue weighted by Crippen LogP contribution is 2.46. The van der Waals surface area contributed by atoms with Gasteiger partial charge in [-0.2, -0.15) is 14.7 Å². The normalized spacial score (nSPS) is 21.7. The second-order valence-corrected chi connectivity index (χ2v) is 13.8. The molecule has 4 unspecified atom stereocenters. The molecule has 17 nitrogen and oxygen atoms in total. The van der Waals surface area contributed by atoms with E-state index in [2.05, 4.69) is 29.5 Å². The standard InChI is InChI=1S/C25H37N8O9PS/c1-6-17-21(35)18(12-40-43(36,28-11-19(34)39-4)42-16-9-7-15(2)8-10-16)41-24(17)33-13-27-20-22(30-25(26)31-23(20)33)32(3)14-29-44(5,37)38/h7-10,13,17-18,21,24,29,35H,6,11-12,14H2,1-5H3,(H,28,36)(H2,26,30,31)/t17?,18?,21-,24?,43?/m0/s1. The third kappa shape index (κ3) is 8.01. The number of aromatic nitrogens is 4. The molecule has 0 amide bonds. The van der Waals surface area contributed by atoms with Crippen molar-refractivity contribution < 1.29 is 41.4 Å². The molecule has 3 heterocycles. The Bertz CT molecular complexity index is 1620. The van der Waals surface area contributed by atoms with Crippen LogP contribution in [0.5, 0.6) is 5.75 Å². The highest BCUT2D eigenvalue weighted by atomic mass is 32.2. The highest BCUT2D eigenvalue weighted by molar-refractivity contribution is 7.88. The van der Waals surface area contributed by atoms with Crippen LogP contribution in [0.1, 0.15) is 25.1 Å². The summed E-state index contributed by atoms with van der Waals surface area (Å²) in [5.74, 6) is -0.721. The summed E-state index contributed by atoms with van der Waals surface area (Å²) in [7, 11) is -4.82. The van der Waals surface area contributed by atoms with Crippen molar-refractivity contribution in [3.05, 3.63) is 36.2 Å². The second kappa shape index (κ2) is 13.7.